The maximum atomic E-state index is 11.8. The first kappa shape index (κ1) is 11.3. The first-order valence-electron chi connectivity index (χ1n) is 5.32. The molecule has 1 aliphatic rings. The highest BCUT2D eigenvalue weighted by molar-refractivity contribution is 8.00. The normalized spacial score (nSPS) is 24.6. The molecule has 0 aromatic carbocycles. The SMILES string of the molecule is CC1(CNC(=O)c2[nH]ncc2N)CCCS1. The summed E-state index contributed by atoms with van der Waals surface area (Å²) >= 11 is 1.92. The number of aromatic amines is 1. The van der Waals surface area contributed by atoms with Crippen molar-refractivity contribution in [1.82, 2.24) is 15.5 Å². The van der Waals surface area contributed by atoms with Gasteiger partial charge in [-0.3, -0.25) is 9.89 Å². The van der Waals surface area contributed by atoms with E-state index in [1.54, 1.807) is 0 Å². The number of rotatable bonds is 3. The summed E-state index contributed by atoms with van der Waals surface area (Å²) in [5.74, 6) is 1.00. The molecule has 2 heterocycles. The van der Waals surface area contributed by atoms with Crippen LogP contribution in [0.5, 0.6) is 0 Å². The Morgan fingerprint density at radius 2 is 2.62 bits per heavy atom. The number of nitrogens with one attached hydrogen (secondary N) is 2. The van der Waals surface area contributed by atoms with Crippen LogP contribution < -0.4 is 11.1 Å². The van der Waals surface area contributed by atoms with Crippen LogP contribution >= 0.6 is 11.8 Å². The fraction of sp³-hybridized carbons (Fsp3) is 0.600. The Hall–Kier alpha value is -1.17. The third-order valence-corrected chi connectivity index (χ3v) is 4.36. The van der Waals surface area contributed by atoms with Crippen molar-refractivity contribution in [3.63, 3.8) is 0 Å². The number of hydrogen-bond donors (Lipinski definition) is 3. The van der Waals surface area contributed by atoms with Crippen molar-refractivity contribution in [2.75, 3.05) is 18.0 Å². The molecule has 0 bridgehead atoms. The van der Waals surface area contributed by atoms with Gasteiger partial charge in [-0.25, -0.2) is 0 Å². The van der Waals surface area contributed by atoms with E-state index in [4.69, 9.17) is 5.73 Å². The molecule has 0 aliphatic carbocycles. The molecule has 0 spiro atoms. The van der Waals surface area contributed by atoms with Crippen molar-refractivity contribution in [1.29, 1.82) is 0 Å². The number of nitrogens with two attached hydrogens (primary N) is 1. The van der Waals surface area contributed by atoms with Crippen molar-refractivity contribution in [2.24, 2.45) is 0 Å². The summed E-state index contributed by atoms with van der Waals surface area (Å²) in [4.78, 5) is 11.8. The van der Waals surface area contributed by atoms with E-state index in [9.17, 15) is 4.79 Å². The lowest BCUT2D eigenvalue weighted by atomic mass is 10.1. The highest BCUT2D eigenvalue weighted by atomic mass is 32.2. The van der Waals surface area contributed by atoms with Crippen molar-refractivity contribution in [3.05, 3.63) is 11.9 Å². The van der Waals surface area contributed by atoms with Gasteiger partial charge in [0.15, 0.2) is 0 Å². The monoisotopic (exact) mass is 240 g/mol. The Bertz CT molecular complexity index is 384. The van der Waals surface area contributed by atoms with E-state index in [0.717, 1.165) is 6.42 Å². The van der Waals surface area contributed by atoms with Crippen molar-refractivity contribution in [3.8, 4) is 0 Å². The molecule has 6 heteroatoms. The molecule has 1 aromatic rings. The third kappa shape index (κ3) is 2.32. The summed E-state index contributed by atoms with van der Waals surface area (Å²) in [7, 11) is 0. The zero-order chi connectivity index (χ0) is 11.6. The highest BCUT2D eigenvalue weighted by Gasteiger charge is 2.30. The smallest absolute Gasteiger partial charge is 0.271 e. The second kappa shape index (κ2) is 4.37. The summed E-state index contributed by atoms with van der Waals surface area (Å²) in [6, 6.07) is 0. The summed E-state index contributed by atoms with van der Waals surface area (Å²) in [6.07, 6.45) is 3.82. The van der Waals surface area contributed by atoms with Gasteiger partial charge in [-0.2, -0.15) is 16.9 Å². The van der Waals surface area contributed by atoms with Gasteiger partial charge in [-0.15, -0.1) is 0 Å². The topological polar surface area (TPSA) is 83.8 Å². The predicted molar refractivity (Wildman–Crippen MR) is 65.4 cm³/mol. The molecule has 16 heavy (non-hydrogen) atoms. The third-order valence-electron chi connectivity index (χ3n) is 2.82. The summed E-state index contributed by atoms with van der Waals surface area (Å²) in [5, 5.41) is 9.22. The molecule has 1 unspecified atom stereocenters. The Labute approximate surface area is 98.6 Å². The van der Waals surface area contributed by atoms with Gasteiger partial charge in [0, 0.05) is 11.3 Å². The summed E-state index contributed by atoms with van der Waals surface area (Å²) in [5.41, 5.74) is 6.34. The molecule has 1 saturated heterocycles. The van der Waals surface area contributed by atoms with Crippen molar-refractivity contribution < 1.29 is 4.79 Å². The molecule has 5 nitrogen and oxygen atoms in total. The first-order valence-corrected chi connectivity index (χ1v) is 6.30. The molecule has 1 fully saturated rings. The fourth-order valence-electron chi connectivity index (χ4n) is 1.81. The number of anilines is 1. The molecule has 0 saturated carbocycles. The van der Waals surface area contributed by atoms with Gasteiger partial charge in [0.1, 0.15) is 5.69 Å². The molecule has 1 amide bonds. The number of carbonyl (C=O) groups is 1. The maximum absolute atomic E-state index is 11.8. The van der Waals surface area contributed by atoms with Crippen LogP contribution in [0.3, 0.4) is 0 Å². The van der Waals surface area contributed by atoms with Gasteiger partial charge in [-0.1, -0.05) is 0 Å². The van der Waals surface area contributed by atoms with Crippen LogP contribution in [0.4, 0.5) is 5.69 Å². The van der Waals surface area contributed by atoms with Crippen LogP contribution in [-0.2, 0) is 0 Å². The predicted octanol–water partition coefficient (Wildman–Crippen LogP) is 1.01. The number of nitrogens with zero attached hydrogens (tertiary/aromatic N) is 1. The van der Waals surface area contributed by atoms with E-state index in [0.29, 0.717) is 17.9 Å². The van der Waals surface area contributed by atoms with Crippen molar-refractivity contribution in [2.45, 2.75) is 24.5 Å². The minimum atomic E-state index is -0.177. The average Bonchev–Trinajstić information content (AvgIpc) is 2.85. The van der Waals surface area contributed by atoms with Gasteiger partial charge in [0.05, 0.1) is 11.9 Å². The van der Waals surface area contributed by atoms with Crippen molar-refractivity contribution >= 4 is 23.4 Å². The second-order valence-electron chi connectivity index (χ2n) is 4.28. The Morgan fingerprint density at radius 3 is 3.19 bits per heavy atom. The number of H-pyrrole nitrogens is 1. The highest BCUT2D eigenvalue weighted by Crippen LogP contribution is 2.36. The zero-order valence-corrected chi connectivity index (χ0v) is 10.1. The molecule has 0 radical (unpaired) electrons. The molecular formula is C10H16N4OS. The molecule has 1 atom stereocenters. The van der Waals surface area contributed by atoms with E-state index in [1.807, 2.05) is 11.8 Å². The van der Waals surface area contributed by atoms with Gasteiger partial charge in [0.2, 0.25) is 0 Å². The Morgan fingerprint density at radius 1 is 1.81 bits per heavy atom. The molecule has 1 aromatic heterocycles. The van der Waals surface area contributed by atoms with Gasteiger partial charge >= 0.3 is 0 Å². The molecule has 2 rings (SSSR count). The zero-order valence-electron chi connectivity index (χ0n) is 9.25. The molecular weight excluding hydrogens is 224 g/mol. The van der Waals surface area contributed by atoms with Crippen LogP contribution in [-0.4, -0.2) is 33.1 Å². The second-order valence-corrected chi connectivity index (χ2v) is 5.97. The number of aromatic nitrogens is 2. The Balaban J connectivity index is 1.91. The molecule has 88 valence electrons. The van der Waals surface area contributed by atoms with Gasteiger partial charge in [0.25, 0.3) is 5.91 Å². The van der Waals surface area contributed by atoms with Crippen LogP contribution in [0.1, 0.15) is 30.3 Å². The van der Waals surface area contributed by atoms with Crippen LogP contribution in [0.2, 0.25) is 0 Å². The lowest BCUT2D eigenvalue weighted by molar-refractivity contribution is 0.0946. The average molecular weight is 240 g/mol. The van der Waals surface area contributed by atoms with E-state index >= 15 is 0 Å². The lowest BCUT2D eigenvalue weighted by Crippen LogP contribution is -2.37. The molecule has 1 aliphatic heterocycles. The standard InChI is InChI=1S/C10H16N4OS/c1-10(3-2-4-16-10)6-12-9(15)8-7(11)5-13-14-8/h5H,2-4,6,11H2,1H3,(H,12,15)(H,13,14). The van der Waals surface area contributed by atoms with Crippen LogP contribution in [0.25, 0.3) is 0 Å². The number of carbonyl (C=O) groups excluding carboxylic acids is 1. The largest absolute Gasteiger partial charge is 0.396 e. The van der Waals surface area contributed by atoms with E-state index in [-0.39, 0.29) is 10.7 Å². The Kier molecular flexibility index (Phi) is 3.09. The number of thioether (sulfide) groups is 1. The fourth-order valence-corrected chi connectivity index (χ4v) is 3.05. The first-order chi connectivity index (χ1) is 7.61. The lowest BCUT2D eigenvalue weighted by Gasteiger charge is -2.22. The number of amides is 1. The number of nitrogen functional groups attached to an aromatic ring is 1. The quantitative estimate of drug-likeness (QED) is 0.736. The van der Waals surface area contributed by atoms with Gasteiger partial charge in [-0.05, 0) is 25.5 Å². The maximum Gasteiger partial charge on any atom is 0.271 e. The molecule has 4 N–H and O–H groups in total. The van der Waals surface area contributed by atoms with E-state index in [1.165, 1.54) is 18.4 Å². The summed E-state index contributed by atoms with van der Waals surface area (Å²) in [6.45, 7) is 2.86. The van der Waals surface area contributed by atoms with E-state index in [2.05, 4.69) is 22.4 Å². The van der Waals surface area contributed by atoms with E-state index < -0.39 is 0 Å². The minimum Gasteiger partial charge on any atom is -0.396 e. The van der Waals surface area contributed by atoms with Crippen LogP contribution in [0, 0.1) is 0 Å². The van der Waals surface area contributed by atoms with Crippen LogP contribution in [0.15, 0.2) is 6.20 Å². The number of hydrogen-bond acceptors (Lipinski definition) is 4. The van der Waals surface area contributed by atoms with Gasteiger partial charge < -0.3 is 11.1 Å². The minimum absolute atomic E-state index is 0.171. The summed E-state index contributed by atoms with van der Waals surface area (Å²) < 4.78 is 0.171.